The third-order valence-electron chi connectivity index (χ3n) is 4.47. The highest BCUT2D eigenvalue weighted by Gasteiger charge is 2.44. The van der Waals surface area contributed by atoms with E-state index in [0.717, 1.165) is 24.8 Å². The third kappa shape index (κ3) is 1.67. The van der Waals surface area contributed by atoms with Gasteiger partial charge >= 0.3 is 0 Å². The molecule has 2 heteroatoms. The molecule has 90 valence electrons. The molecule has 1 aromatic rings. The molecule has 1 aliphatic carbocycles. The quantitative estimate of drug-likeness (QED) is 0.494. The average molecular weight is 229 g/mol. The molecule has 3 rings (SSSR count). The fraction of sp³-hybridized carbons (Fsp3) is 0.533. The second kappa shape index (κ2) is 3.86. The van der Waals surface area contributed by atoms with Crippen molar-refractivity contribution in [2.24, 2.45) is 0 Å². The Hall–Kier alpha value is -1.31. The summed E-state index contributed by atoms with van der Waals surface area (Å²) in [6, 6.07) is 8.32. The van der Waals surface area contributed by atoms with Crippen molar-refractivity contribution in [3.63, 3.8) is 0 Å². The van der Waals surface area contributed by atoms with Crippen LogP contribution in [-0.2, 0) is 0 Å². The SMILES string of the molecule is C[C@H]1CC2(CCCC2)[N+]([O-])=Cc2ccccc21. The van der Waals surface area contributed by atoms with E-state index >= 15 is 0 Å². The minimum absolute atomic E-state index is 0.113. The Morgan fingerprint density at radius 3 is 2.71 bits per heavy atom. The number of fused-ring (bicyclic) bond motifs is 1. The topological polar surface area (TPSA) is 26.1 Å². The van der Waals surface area contributed by atoms with Crippen molar-refractivity contribution in [2.45, 2.75) is 50.5 Å². The van der Waals surface area contributed by atoms with Crippen molar-refractivity contribution in [1.82, 2.24) is 0 Å². The molecule has 1 aliphatic heterocycles. The van der Waals surface area contributed by atoms with Crippen molar-refractivity contribution in [3.05, 3.63) is 40.6 Å². The van der Waals surface area contributed by atoms with Gasteiger partial charge in [0, 0.05) is 24.8 Å². The van der Waals surface area contributed by atoms with E-state index in [-0.39, 0.29) is 5.54 Å². The van der Waals surface area contributed by atoms with Crippen LogP contribution in [-0.4, -0.2) is 16.5 Å². The maximum absolute atomic E-state index is 12.4. The zero-order valence-electron chi connectivity index (χ0n) is 10.4. The number of hydrogen-bond acceptors (Lipinski definition) is 1. The van der Waals surface area contributed by atoms with E-state index in [1.54, 1.807) is 0 Å². The zero-order chi connectivity index (χ0) is 11.9. The molecule has 0 unspecified atom stereocenters. The van der Waals surface area contributed by atoms with E-state index < -0.39 is 0 Å². The Kier molecular flexibility index (Phi) is 2.46. The van der Waals surface area contributed by atoms with Crippen molar-refractivity contribution < 1.29 is 4.74 Å². The first-order chi connectivity index (χ1) is 8.21. The van der Waals surface area contributed by atoms with Crippen molar-refractivity contribution in [3.8, 4) is 0 Å². The Labute approximate surface area is 103 Å². The third-order valence-corrected chi connectivity index (χ3v) is 4.47. The van der Waals surface area contributed by atoms with Gasteiger partial charge < -0.3 is 5.21 Å². The number of hydroxylamine groups is 1. The molecule has 2 nitrogen and oxygen atoms in total. The van der Waals surface area contributed by atoms with E-state index in [4.69, 9.17) is 0 Å². The molecular weight excluding hydrogens is 210 g/mol. The molecule has 0 radical (unpaired) electrons. The lowest BCUT2D eigenvalue weighted by molar-refractivity contribution is -0.545. The first-order valence-corrected chi connectivity index (χ1v) is 6.62. The molecule has 0 bridgehead atoms. The molecule has 1 saturated carbocycles. The van der Waals surface area contributed by atoms with Crippen LogP contribution in [0.4, 0.5) is 0 Å². The first-order valence-electron chi connectivity index (χ1n) is 6.62. The summed E-state index contributed by atoms with van der Waals surface area (Å²) in [6.07, 6.45) is 7.36. The monoisotopic (exact) mass is 229 g/mol. The van der Waals surface area contributed by atoms with Crippen LogP contribution in [0.3, 0.4) is 0 Å². The molecule has 1 heterocycles. The highest BCUT2D eigenvalue weighted by Crippen LogP contribution is 2.42. The largest absolute Gasteiger partial charge is 0.623 e. The van der Waals surface area contributed by atoms with Gasteiger partial charge in [0.25, 0.3) is 0 Å². The van der Waals surface area contributed by atoms with Gasteiger partial charge in [-0.3, -0.25) is 0 Å². The highest BCUT2D eigenvalue weighted by molar-refractivity contribution is 5.79. The van der Waals surface area contributed by atoms with Crippen LogP contribution in [0.2, 0.25) is 0 Å². The van der Waals surface area contributed by atoms with E-state index in [2.05, 4.69) is 25.1 Å². The summed E-state index contributed by atoms with van der Waals surface area (Å²) in [5.41, 5.74) is 2.33. The second-order valence-corrected chi connectivity index (χ2v) is 5.62. The number of rotatable bonds is 0. The summed E-state index contributed by atoms with van der Waals surface area (Å²) < 4.78 is 1.27. The van der Waals surface area contributed by atoms with Gasteiger partial charge in [-0.2, -0.15) is 0 Å². The molecule has 0 aromatic heterocycles. The maximum atomic E-state index is 12.4. The number of nitrogens with zero attached hydrogens (tertiary/aromatic N) is 1. The Morgan fingerprint density at radius 2 is 1.94 bits per heavy atom. The minimum Gasteiger partial charge on any atom is -0.623 e. The summed E-state index contributed by atoms with van der Waals surface area (Å²) in [5.74, 6) is 0.486. The lowest BCUT2D eigenvalue weighted by atomic mass is 9.84. The summed E-state index contributed by atoms with van der Waals surface area (Å²) >= 11 is 0. The van der Waals surface area contributed by atoms with Gasteiger partial charge in [0.05, 0.1) is 0 Å². The Bertz CT molecular complexity index is 458. The highest BCUT2D eigenvalue weighted by atomic mass is 16.5. The van der Waals surface area contributed by atoms with Crippen LogP contribution in [0.15, 0.2) is 24.3 Å². The molecule has 0 amide bonds. The molecular formula is C15H19NO. The van der Waals surface area contributed by atoms with Crippen LogP contribution in [0.5, 0.6) is 0 Å². The van der Waals surface area contributed by atoms with Gasteiger partial charge in [0.1, 0.15) is 0 Å². The fourth-order valence-corrected chi connectivity index (χ4v) is 3.57. The van der Waals surface area contributed by atoms with E-state index in [1.807, 2.05) is 12.3 Å². The number of hydrogen-bond donors (Lipinski definition) is 0. The van der Waals surface area contributed by atoms with Gasteiger partial charge in [0.2, 0.25) is 0 Å². The van der Waals surface area contributed by atoms with E-state index in [9.17, 15) is 5.21 Å². The normalized spacial score (nSPS) is 26.4. The van der Waals surface area contributed by atoms with Gasteiger partial charge in [-0.25, -0.2) is 4.74 Å². The molecule has 2 aliphatic rings. The second-order valence-electron chi connectivity index (χ2n) is 5.62. The van der Waals surface area contributed by atoms with Gasteiger partial charge in [-0.1, -0.05) is 25.1 Å². The molecule has 0 N–H and O–H groups in total. The zero-order valence-corrected chi connectivity index (χ0v) is 10.4. The molecule has 0 saturated heterocycles. The molecule has 17 heavy (non-hydrogen) atoms. The predicted molar refractivity (Wildman–Crippen MR) is 69.5 cm³/mol. The minimum atomic E-state index is -0.113. The van der Waals surface area contributed by atoms with Crippen LogP contribution in [0, 0.1) is 5.21 Å². The molecule has 1 atom stereocenters. The van der Waals surface area contributed by atoms with Crippen LogP contribution < -0.4 is 0 Å². The number of benzene rings is 1. The summed E-state index contributed by atoms with van der Waals surface area (Å²) in [6.45, 7) is 2.26. The van der Waals surface area contributed by atoms with Crippen LogP contribution in [0.1, 0.15) is 56.1 Å². The van der Waals surface area contributed by atoms with Crippen molar-refractivity contribution in [2.75, 3.05) is 0 Å². The van der Waals surface area contributed by atoms with Crippen molar-refractivity contribution >= 4 is 6.21 Å². The molecule has 1 aromatic carbocycles. The lowest BCUT2D eigenvalue weighted by Gasteiger charge is -2.28. The van der Waals surface area contributed by atoms with Gasteiger partial charge in [-0.05, 0) is 30.4 Å². The summed E-state index contributed by atoms with van der Waals surface area (Å²) in [7, 11) is 0. The molecule has 1 spiro atoms. The average Bonchev–Trinajstić information content (AvgIpc) is 2.75. The van der Waals surface area contributed by atoms with Gasteiger partial charge in [-0.15, -0.1) is 0 Å². The summed E-state index contributed by atoms with van der Waals surface area (Å²) in [4.78, 5) is 0. The van der Waals surface area contributed by atoms with Crippen LogP contribution in [0.25, 0.3) is 0 Å². The van der Waals surface area contributed by atoms with Gasteiger partial charge in [0.15, 0.2) is 11.8 Å². The van der Waals surface area contributed by atoms with E-state index in [1.165, 1.54) is 23.1 Å². The summed E-state index contributed by atoms with van der Waals surface area (Å²) in [5, 5.41) is 12.4. The maximum Gasteiger partial charge on any atom is 0.182 e. The lowest BCUT2D eigenvalue weighted by Crippen LogP contribution is -2.37. The fourth-order valence-electron chi connectivity index (χ4n) is 3.57. The smallest absolute Gasteiger partial charge is 0.182 e. The standard InChI is InChI=1S/C15H19NO/c1-12-10-15(8-4-5-9-15)16(17)11-13-6-2-3-7-14(12)13/h2-3,6-7,11-12H,4-5,8-10H2,1H3/t12-/m0/s1. The Morgan fingerprint density at radius 1 is 1.24 bits per heavy atom. The van der Waals surface area contributed by atoms with E-state index in [0.29, 0.717) is 5.92 Å². The first kappa shape index (κ1) is 10.8. The Balaban J connectivity index is 2.08. The predicted octanol–water partition coefficient (Wildman–Crippen LogP) is 3.44. The molecule has 1 fully saturated rings. The van der Waals surface area contributed by atoms with Crippen LogP contribution >= 0.6 is 0 Å². The van der Waals surface area contributed by atoms with Crippen molar-refractivity contribution in [1.29, 1.82) is 0 Å².